The van der Waals surface area contributed by atoms with Crippen molar-refractivity contribution in [3.8, 4) is 11.5 Å². The van der Waals surface area contributed by atoms with E-state index in [4.69, 9.17) is 9.47 Å². The summed E-state index contributed by atoms with van der Waals surface area (Å²) < 4.78 is 10.5. The van der Waals surface area contributed by atoms with Gasteiger partial charge in [0.25, 0.3) is 5.91 Å². The lowest BCUT2D eigenvalue weighted by molar-refractivity contribution is 0.102. The van der Waals surface area contributed by atoms with Crippen molar-refractivity contribution in [2.45, 2.75) is 0 Å². The molecule has 0 radical (unpaired) electrons. The molecule has 7 nitrogen and oxygen atoms in total. The van der Waals surface area contributed by atoms with Gasteiger partial charge in [-0.2, -0.15) is 0 Å². The Morgan fingerprint density at radius 3 is 2.12 bits per heavy atom. The van der Waals surface area contributed by atoms with Gasteiger partial charge in [-0.1, -0.05) is 24.3 Å². The van der Waals surface area contributed by atoms with E-state index in [1.165, 1.54) is 7.11 Å². The molecule has 132 valence electrons. The quantitative estimate of drug-likeness (QED) is 0.708. The maximum Gasteiger partial charge on any atom is 0.260 e. The van der Waals surface area contributed by atoms with Crippen LogP contribution < -0.4 is 20.1 Å². The van der Waals surface area contributed by atoms with Crippen LogP contribution in [0.15, 0.2) is 60.7 Å². The Morgan fingerprint density at radius 1 is 0.808 bits per heavy atom. The van der Waals surface area contributed by atoms with Gasteiger partial charge in [-0.3, -0.25) is 4.79 Å². The number of benzene rings is 2. The lowest BCUT2D eigenvalue weighted by atomic mass is 10.2. The standard InChI is InChI=1S/C19H18N4O3/c1-25-15-9-5-3-7-13(15)19(24)21-18-12-11-17(22-23-18)20-14-8-4-6-10-16(14)26-2/h3-12H,1-2H3,(H,20,22)(H,21,23,24). The van der Waals surface area contributed by atoms with Crippen LogP contribution in [0.3, 0.4) is 0 Å². The lowest BCUT2D eigenvalue weighted by Gasteiger charge is -2.10. The molecule has 1 heterocycles. The van der Waals surface area contributed by atoms with Crippen molar-refractivity contribution in [1.29, 1.82) is 0 Å². The number of methoxy groups -OCH3 is 2. The number of para-hydroxylation sites is 3. The fourth-order valence-corrected chi connectivity index (χ4v) is 2.37. The number of hydrogen-bond acceptors (Lipinski definition) is 6. The van der Waals surface area contributed by atoms with Gasteiger partial charge in [0, 0.05) is 0 Å². The van der Waals surface area contributed by atoms with Crippen molar-refractivity contribution in [3.63, 3.8) is 0 Å². The SMILES string of the molecule is COc1ccccc1Nc1ccc(NC(=O)c2ccccc2OC)nn1. The van der Waals surface area contributed by atoms with Gasteiger partial charge in [-0.15, -0.1) is 10.2 Å². The van der Waals surface area contributed by atoms with Crippen LogP contribution in [0.4, 0.5) is 17.3 Å². The van der Waals surface area contributed by atoms with Crippen LogP contribution in [-0.2, 0) is 0 Å². The van der Waals surface area contributed by atoms with Crippen molar-refractivity contribution in [2.24, 2.45) is 0 Å². The van der Waals surface area contributed by atoms with Crippen LogP contribution in [0.2, 0.25) is 0 Å². The molecule has 0 bridgehead atoms. The summed E-state index contributed by atoms with van der Waals surface area (Å²) in [5.41, 5.74) is 1.20. The monoisotopic (exact) mass is 350 g/mol. The van der Waals surface area contributed by atoms with Crippen molar-refractivity contribution in [2.75, 3.05) is 24.9 Å². The van der Waals surface area contributed by atoms with Crippen LogP contribution >= 0.6 is 0 Å². The van der Waals surface area contributed by atoms with E-state index in [0.717, 1.165) is 5.69 Å². The van der Waals surface area contributed by atoms with E-state index < -0.39 is 0 Å². The van der Waals surface area contributed by atoms with E-state index in [-0.39, 0.29) is 5.91 Å². The Morgan fingerprint density at radius 2 is 1.42 bits per heavy atom. The van der Waals surface area contributed by atoms with E-state index >= 15 is 0 Å². The highest BCUT2D eigenvalue weighted by Gasteiger charge is 2.12. The summed E-state index contributed by atoms with van der Waals surface area (Å²) in [5, 5.41) is 13.9. The molecule has 0 aliphatic carbocycles. The highest BCUT2D eigenvalue weighted by molar-refractivity contribution is 6.05. The highest BCUT2D eigenvalue weighted by atomic mass is 16.5. The number of amides is 1. The molecule has 7 heteroatoms. The van der Waals surface area contributed by atoms with E-state index in [2.05, 4.69) is 20.8 Å². The molecule has 2 aromatic carbocycles. The summed E-state index contributed by atoms with van der Waals surface area (Å²) >= 11 is 0. The molecule has 0 aliphatic heterocycles. The molecule has 1 aromatic heterocycles. The first-order valence-electron chi connectivity index (χ1n) is 7.89. The molecule has 0 spiro atoms. The van der Waals surface area contributed by atoms with Gasteiger partial charge < -0.3 is 20.1 Å². The number of nitrogens with zero attached hydrogens (tertiary/aromatic N) is 2. The Labute approximate surface area is 151 Å². The molecule has 0 unspecified atom stereocenters. The molecule has 0 saturated heterocycles. The maximum atomic E-state index is 12.4. The number of carbonyl (C=O) groups excluding carboxylic acids is 1. The molecular weight excluding hydrogens is 332 g/mol. The molecular formula is C19H18N4O3. The minimum absolute atomic E-state index is 0.317. The smallest absolute Gasteiger partial charge is 0.260 e. The molecule has 3 rings (SSSR count). The molecule has 1 amide bonds. The lowest BCUT2D eigenvalue weighted by Crippen LogP contribution is -2.14. The largest absolute Gasteiger partial charge is 0.496 e. The third-order valence-corrected chi connectivity index (χ3v) is 3.63. The summed E-state index contributed by atoms with van der Waals surface area (Å²) in [4.78, 5) is 12.4. The molecule has 2 N–H and O–H groups in total. The first kappa shape index (κ1) is 17.2. The second-order valence-corrected chi connectivity index (χ2v) is 5.28. The third-order valence-electron chi connectivity index (χ3n) is 3.63. The van der Waals surface area contributed by atoms with Gasteiger partial charge in [0.1, 0.15) is 11.5 Å². The van der Waals surface area contributed by atoms with Crippen LogP contribution in [-0.4, -0.2) is 30.3 Å². The number of rotatable bonds is 6. The molecule has 26 heavy (non-hydrogen) atoms. The van der Waals surface area contributed by atoms with Gasteiger partial charge in [0.2, 0.25) is 0 Å². The minimum atomic E-state index is -0.317. The average molecular weight is 350 g/mol. The number of nitrogens with one attached hydrogen (secondary N) is 2. The van der Waals surface area contributed by atoms with E-state index in [1.54, 1.807) is 43.5 Å². The predicted molar refractivity (Wildman–Crippen MR) is 99.3 cm³/mol. The fraction of sp³-hybridized carbons (Fsp3) is 0.105. The van der Waals surface area contributed by atoms with Gasteiger partial charge in [0.15, 0.2) is 11.6 Å². The van der Waals surface area contributed by atoms with Gasteiger partial charge in [-0.25, -0.2) is 0 Å². The Bertz CT molecular complexity index is 897. The van der Waals surface area contributed by atoms with E-state index in [9.17, 15) is 4.79 Å². The predicted octanol–water partition coefficient (Wildman–Crippen LogP) is 3.49. The number of ether oxygens (including phenoxy) is 2. The average Bonchev–Trinajstić information content (AvgIpc) is 2.69. The number of aromatic nitrogens is 2. The van der Waals surface area contributed by atoms with Crippen LogP contribution in [0, 0.1) is 0 Å². The summed E-state index contributed by atoms with van der Waals surface area (Å²) in [5.74, 6) is 1.74. The normalized spacial score (nSPS) is 10.1. The summed E-state index contributed by atoms with van der Waals surface area (Å²) in [6, 6.07) is 17.8. The van der Waals surface area contributed by atoms with Gasteiger partial charge in [-0.05, 0) is 36.4 Å². The number of hydrogen-bond donors (Lipinski definition) is 2. The fourth-order valence-electron chi connectivity index (χ4n) is 2.37. The molecule has 0 saturated carbocycles. The Hall–Kier alpha value is -3.61. The van der Waals surface area contributed by atoms with Crippen molar-refractivity contribution < 1.29 is 14.3 Å². The third kappa shape index (κ3) is 3.89. The molecule has 0 fully saturated rings. The van der Waals surface area contributed by atoms with Crippen LogP contribution in [0.25, 0.3) is 0 Å². The van der Waals surface area contributed by atoms with Crippen LogP contribution in [0.5, 0.6) is 11.5 Å². The second-order valence-electron chi connectivity index (χ2n) is 5.28. The first-order valence-corrected chi connectivity index (χ1v) is 7.89. The highest BCUT2D eigenvalue weighted by Crippen LogP contribution is 2.26. The topological polar surface area (TPSA) is 85.4 Å². The zero-order valence-corrected chi connectivity index (χ0v) is 14.4. The Kier molecular flexibility index (Phi) is 5.28. The zero-order valence-electron chi connectivity index (χ0n) is 14.4. The summed E-state index contributed by atoms with van der Waals surface area (Å²) in [6.45, 7) is 0. The molecule has 3 aromatic rings. The van der Waals surface area contributed by atoms with Crippen molar-refractivity contribution >= 4 is 23.2 Å². The zero-order chi connectivity index (χ0) is 18.4. The Balaban J connectivity index is 1.71. The maximum absolute atomic E-state index is 12.4. The first-order chi connectivity index (χ1) is 12.7. The number of anilines is 3. The van der Waals surface area contributed by atoms with E-state index in [1.807, 2.05) is 24.3 Å². The van der Waals surface area contributed by atoms with Crippen molar-refractivity contribution in [3.05, 3.63) is 66.2 Å². The molecule has 0 aliphatic rings. The molecule has 0 atom stereocenters. The minimum Gasteiger partial charge on any atom is -0.496 e. The van der Waals surface area contributed by atoms with Crippen LogP contribution in [0.1, 0.15) is 10.4 Å². The van der Waals surface area contributed by atoms with Crippen molar-refractivity contribution in [1.82, 2.24) is 10.2 Å². The summed E-state index contributed by atoms with van der Waals surface area (Å²) in [7, 11) is 3.12. The van der Waals surface area contributed by atoms with Gasteiger partial charge in [0.05, 0.1) is 25.5 Å². The number of carbonyl (C=O) groups is 1. The van der Waals surface area contributed by atoms with Gasteiger partial charge >= 0.3 is 0 Å². The summed E-state index contributed by atoms with van der Waals surface area (Å²) in [6.07, 6.45) is 0. The second kappa shape index (κ2) is 7.98. The van der Waals surface area contributed by atoms with E-state index in [0.29, 0.717) is 28.7 Å².